The summed E-state index contributed by atoms with van der Waals surface area (Å²) in [5.41, 5.74) is -1.30. The normalized spacial score (nSPS) is 32.0. The van der Waals surface area contributed by atoms with Crippen molar-refractivity contribution in [2.75, 3.05) is 26.4 Å². The molecular weight excluding hydrogens is 286 g/mol. The molecule has 2 bridgehead atoms. The number of fused-ring (bicyclic) bond motifs is 2. The summed E-state index contributed by atoms with van der Waals surface area (Å²) in [6.45, 7) is 9.62. The average Bonchev–Trinajstić information content (AvgIpc) is 2.35. The highest BCUT2D eigenvalue weighted by Gasteiger charge is 2.48. The third-order valence-corrected chi connectivity index (χ3v) is 4.16. The Bertz CT molecular complexity index is 378. The average molecular weight is 315 g/mol. The van der Waals surface area contributed by atoms with Crippen LogP contribution in [0.4, 0.5) is 4.79 Å². The van der Waals surface area contributed by atoms with E-state index in [1.165, 1.54) is 0 Å². The Morgan fingerprint density at radius 3 is 2.41 bits per heavy atom. The Labute approximate surface area is 132 Å². The van der Waals surface area contributed by atoms with Crippen molar-refractivity contribution in [1.29, 1.82) is 0 Å². The van der Waals surface area contributed by atoms with E-state index in [-0.39, 0.29) is 18.2 Å². The van der Waals surface area contributed by atoms with E-state index in [9.17, 15) is 9.90 Å². The second-order valence-electron chi connectivity index (χ2n) is 7.31. The number of amides is 1. The quantitative estimate of drug-likeness (QED) is 0.803. The molecule has 2 heterocycles. The van der Waals surface area contributed by atoms with Crippen LogP contribution in [0, 0.1) is 0 Å². The lowest BCUT2D eigenvalue weighted by Crippen LogP contribution is -2.64. The van der Waals surface area contributed by atoms with Gasteiger partial charge in [-0.05, 0) is 47.0 Å². The van der Waals surface area contributed by atoms with Crippen LogP contribution in [0.5, 0.6) is 0 Å². The molecule has 2 unspecified atom stereocenters. The first-order valence-electron chi connectivity index (χ1n) is 8.13. The van der Waals surface area contributed by atoms with E-state index in [0.717, 1.165) is 0 Å². The number of carbonyl (C=O) groups is 1. The van der Waals surface area contributed by atoms with Crippen LogP contribution in [0.15, 0.2) is 0 Å². The summed E-state index contributed by atoms with van der Waals surface area (Å²) in [4.78, 5) is 14.2. The van der Waals surface area contributed by atoms with Crippen LogP contribution in [0.25, 0.3) is 0 Å². The molecule has 128 valence electrons. The van der Waals surface area contributed by atoms with Crippen molar-refractivity contribution in [2.24, 2.45) is 0 Å². The Kier molecular flexibility index (Phi) is 5.35. The molecule has 2 atom stereocenters. The maximum Gasteiger partial charge on any atom is 0.410 e. The van der Waals surface area contributed by atoms with E-state index in [1.54, 1.807) is 4.90 Å². The molecule has 6 nitrogen and oxygen atoms in total. The highest BCUT2D eigenvalue weighted by atomic mass is 16.6. The molecule has 0 aromatic heterocycles. The van der Waals surface area contributed by atoms with Crippen LogP contribution in [0.2, 0.25) is 0 Å². The highest BCUT2D eigenvalue weighted by Crippen LogP contribution is 2.37. The molecule has 2 rings (SSSR count). The molecule has 0 saturated carbocycles. The van der Waals surface area contributed by atoms with Gasteiger partial charge in [-0.2, -0.15) is 0 Å². The molecule has 1 amide bonds. The molecule has 0 aromatic rings. The van der Waals surface area contributed by atoms with E-state index in [1.807, 2.05) is 27.7 Å². The van der Waals surface area contributed by atoms with E-state index < -0.39 is 11.2 Å². The summed E-state index contributed by atoms with van der Waals surface area (Å²) in [5.74, 6) is 0. The number of carbonyl (C=O) groups excluding carboxylic acids is 1. The van der Waals surface area contributed by atoms with Gasteiger partial charge in [0.2, 0.25) is 0 Å². The van der Waals surface area contributed by atoms with Crippen molar-refractivity contribution >= 4 is 6.09 Å². The first-order valence-corrected chi connectivity index (χ1v) is 8.13. The minimum Gasteiger partial charge on any atom is -0.444 e. The number of morpholine rings is 1. The SMILES string of the molecule is CCOCCC1(O)CC2COCC(C1)N2C(=O)OC(C)(C)C. The van der Waals surface area contributed by atoms with Gasteiger partial charge >= 0.3 is 6.09 Å². The number of hydrogen-bond donors (Lipinski definition) is 1. The highest BCUT2D eigenvalue weighted by molar-refractivity contribution is 5.69. The lowest BCUT2D eigenvalue weighted by molar-refractivity contribution is -0.143. The van der Waals surface area contributed by atoms with Crippen molar-refractivity contribution < 1.29 is 24.1 Å². The molecule has 2 aliphatic rings. The van der Waals surface area contributed by atoms with E-state index in [0.29, 0.717) is 45.7 Å². The van der Waals surface area contributed by atoms with Crippen LogP contribution >= 0.6 is 0 Å². The smallest absolute Gasteiger partial charge is 0.410 e. The maximum absolute atomic E-state index is 12.4. The Morgan fingerprint density at radius 1 is 1.32 bits per heavy atom. The van der Waals surface area contributed by atoms with Gasteiger partial charge in [0, 0.05) is 13.2 Å². The Hall–Kier alpha value is -0.850. The zero-order valence-corrected chi connectivity index (χ0v) is 14.1. The van der Waals surface area contributed by atoms with Crippen LogP contribution in [0.1, 0.15) is 47.0 Å². The summed E-state index contributed by atoms with van der Waals surface area (Å²) in [5, 5.41) is 10.8. The second-order valence-corrected chi connectivity index (χ2v) is 7.31. The van der Waals surface area contributed by atoms with E-state index in [2.05, 4.69) is 0 Å². The first kappa shape index (κ1) is 17.5. The van der Waals surface area contributed by atoms with Gasteiger partial charge in [0.25, 0.3) is 0 Å². The van der Waals surface area contributed by atoms with Crippen LogP contribution < -0.4 is 0 Å². The summed E-state index contributed by atoms with van der Waals surface area (Å²) in [6.07, 6.45) is 1.31. The van der Waals surface area contributed by atoms with Gasteiger partial charge in [0.15, 0.2) is 0 Å². The number of aliphatic hydroxyl groups is 1. The summed E-state index contributed by atoms with van der Waals surface area (Å²) in [6, 6.07) is -0.261. The minimum absolute atomic E-state index is 0.131. The Balaban J connectivity index is 2.03. The van der Waals surface area contributed by atoms with Gasteiger partial charge in [-0.15, -0.1) is 0 Å². The van der Waals surface area contributed by atoms with Crippen LogP contribution in [-0.4, -0.2) is 65.8 Å². The lowest BCUT2D eigenvalue weighted by atomic mass is 9.79. The number of ether oxygens (including phenoxy) is 3. The zero-order chi connectivity index (χ0) is 16.4. The van der Waals surface area contributed by atoms with Gasteiger partial charge < -0.3 is 19.3 Å². The van der Waals surface area contributed by atoms with Crippen molar-refractivity contribution in [3.05, 3.63) is 0 Å². The number of rotatable bonds is 4. The fourth-order valence-corrected chi connectivity index (χ4v) is 3.30. The van der Waals surface area contributed by atoms with Crippen LogP contribution in [0.3, 0.4) is 0 Å². The fraction of sp³-hybridized carbons (Fsp3) is 0.938. The summed E-state index contributed by atoms with van der Waals surface area (Å²) in [7, 11) is 0. The van der Waals surface area contributed by atoms with Gasteiger partial charge in [0.05, 0.1) is 30.9 Å². The molecule has 2 saturated heterocycles. The third kappa shape index (κ3) is 4.33. The standard InChI is InChI=1S/C16H29NO5/c1-5-20-7-6-16(19)8-12-10-21-11-13(9-16)17(12)14(18)22-15(2,3)4/h12-13,19H,5-11H2,1-4H3. The molecule has 0 radical (unpaired) electrons. The molecule has 0 aromatic carbocycles. The largest absolute Gasteiger partial charge is 0.444 e. The molecule has 22 heavy (non-hydrogen) atoms. The number of nitrogens with zero attached hydrogens (tertiary/aromatic N) is 1. The first-order chi connectivity index (χ1) is 10.2. The molecule has 6 heteroatoms. The van der Waals surface area contributed by atoms with Crippen molar-refractivity contribution in [1.82, 2.24) is 4.90 Å². The number of piperidine rings is 1. The predicted molar refractivity (Wildman–Crippen MR) is 81.8 cm³/mol. The monoisotopic (exact) mass is 315 g/mol. The zero-order valence-electron chi connectivity index (χ0n) is 14.1. The molecule has 2 aliphatic heterocycles. The van der Waals surface area contributed by atoms with Gasteiger partial charge in [-0.3, -0.25) is 4.90 Å². The summed E-state index contributed by atoms with van der Waals surface area (Å²) >= 11 is 0. The van der Waals surface area contributed by atoms with E-state index in [4.69, 9.17) is 14.2 Å². The van der Waals surface area contributed by atoms with Crippen molar-refractivity contribution in [3.8, 4) is 0 Å². The predicted octanol–water partition coefficient (Wildman–Crippen LogP) is 1.94. The van der Waals surface area contributed by atoms with Gasteiger partial charge in [0.1, 0.15) is 5.60 Å². The van der Waals surface area contributed by atoms with Crippen LogP contribution in [-0.2, 0) is 14.2 Å². The Morgan fingerprint density at radius 2 is 1.91 bits per heavy atom. The lowest BCUT2D eigenvalue weighted by Gasteiger charge is -2.51. The minimum atomic E-state index is -0.785. The molecule has 1 N–H and O–H groups in total. The molecule has 0 aliphatic carbocycles. The van der Waals surface area contributed by atoms with Gasteiger partial charge in [-0.25, -0.2) is 4.79 Å². The fourth-order valence-electron chi connectivity index (χ4n) is 3.30. The second kappa shape index (κ2) is 6.72. The topological polar surface area (TPSA) is 68.2 Å². The van der Waals surface area contributed by atoms with Crippen molar-refractivity contribution in [3.63, 3.8) is 0 Å². The summed E-state index contributed by atoms with van der Waals surface area (Å²) < 4.78 is 16.4. The molecular formula is C16H29NO5. The van der Waals surface area contributed by atoms with Gasteiger partial charge in [-0.1, -0.05) is 0 Å². The number of hydrogen-bond acceptors (Lipinski definition) is 5. The maximum atomic E-state index is 12.4. The molecule has 0 spiro atoms. The molecule has 2 fully saturated rings. The van der Waals surface area contributed by atoms with Crippen molar-refractivity contribution in [2.45, 2.75) is 70.2 Å². The van der Waals surface area contributed by atoms with E-state index >= 15 is 0 Å². The third-order valence-electron chi connectivity index (χ3n) is 4.16.